The van der Waals surface area contributed by atoms with Crippen LogP contribution in [0.2, 0.25) is 0 Å². The van der Waals surface area contributed by atoms with Gasteiger partial charge in [0, 0.05) is 13.0 Å². The molecule has 1 aromatic heterocycles. The Labute approximate surface area is 117 Å². The maximum atomic E-state index is 12.1. The van der Waals surface area contributed by atoms with Crippen LogP contribution in [0.15, 0.2) is 28.8 Å². The van der Waals surface area contributed by atoms with E-state index in [1.807, 2.05) is 17.0 Å². The molecule has 104 valence electrons. The van der Waals surface area contributed by atoms with E-state index in [1.165, 1.54) is 5.56 Å². The van der Waals surface area contributed by atoms with Crippen molar-refractivity contribution in [3.05, 3.63) is 47.1 Å². The number of rotatable bonds is 3. The summed E-state index contributed by atoms with van der Waals surface area (Å²) >= 11 is 0. The molecule has 0 saturated carbocycles. The second kappa shape index (κ2) is 5.07. The first kappa shape index (κ1) is 12.8. The highest BCUT2D eigenvalue weighted by atomic mass is 16.5. The van der Waals surface area contributed by atoms with Gasteiger partial charge in [-0.1, -0.05) is 29.4 Å². The first-order valence-electron chi connectivity index (χ1n) is 6.79. The van der Waals surface area contributed by atoms with Gasteiger partial charge in [0.05, 0.1) is 0 Å². The number of carbonyl (C=O) groups is 1. The third-order valence-corrected chi connectivity index (χ3v) is 3.76. The zero-order valence-electron chi connectivity index (χ0n) is 11.7. The largest absolute Gasteiger partial charge is 0.337 e. The minimum Gasteiger partial charge on any atom is -0.337 e. The Morgan fingerprint density at radius 2 is 2.15 bits per heavy atom. The first-order chi connectivity index (χ1) is 9.65. The molecule has 2 aromatic rings. The zero-order chi connectivity index (χ0) is 14.1. The van der Waals surface area contributed by atoms with E-state index in [0.29, 0.717) is 24.7 Å². The van der Waals surface area contributed by atoms with Gasteiger partial charge in [0.2, 0.25) is 11.8 Å². The smallest absolute Gasteiger partial charge is 0.249 e. The summed E-state index contributed by atoms with van der Waals surface area (Å²) in [6.07, 6.45) is 1.28. The molecule has 5 nitrogen and oxygen atoms in total. The van der Waals surface area contributed by atoms with Crippen LogP contribution in [0.3, 0.4) is 0 Å². The van der Waals surface area contributed by atoms with Gasteiger partial charge in [-0.25, -0.2) is 0 Å². The van der Waals surface area contributed by atoms with Crippen molar-refractivity contribution in [2.75, 3.05) is 0 Å². The van der Waals surface area contributed by atoms with E-state index in [0.717, 1.165) is 12.0 Å². The number of aromatic nitrogens is 2. The molecule has 0 aliphatic carbocycles. The Hall–Kier alpha value is -2.17. The fourth-order valence-corrected chi connectivity index (χ4v) is 2.61. The summed E-state index contributed by atoms with van der Waals surface area (Å²) in [5, 5.41) is 3.82. The van der Waals surface area contributed by atoms with Gasteiger partial charge in [0.15, 0.2) is 5.82 Å². The van der Waals surface area contributed by atoms with E-state index in [-0.39, 0.29) is 11.9 Å². The summed E-state index contributed by atoms with van der Waals surface area (Å²) in [5.41, 5.74) is 2.34. The second-order valence-electron chi connectivity index (χ2n) is 5.18. The van der Waals surface area contributed by atoms with Crippen LogP contribution in [0, 0.1) is 13.8 Å². The van der Waals surface area contributed by atoms with Gasteiger partial charge < -0.3 is 9.42 Å². The number of aryl methyl sites for hydroxylation is 2. The number of hydrogen-bond donors (Lipinski definition) is 0. The van der Waals surface area contributed by atoms with Crippen LogP contribution in [0.4, 0.5) is 0 Å². The van der Waals surface area contributed by atoms with Crippen molar-refractivity contribution < 1.29 is 9.32 Å². The molecule has 3 rings (SSSR count). The van der Waals surface area contributed by atoms with Crippen molar-refractivity contribution >= 4 is 5.91 Å². The zero-order valence-corrected chi connectivity index (χ0v) is 11.7. The number of amides is 1. The van der Waals surface area contributed by atoms with Crippen LogP contribution in [0.1, 0.15) is 41.7 Å². The van der Waals surface area contributed by atoms with Crippen molar-refractivity contribution in [3.63, 3.8) is 0 Å². The van der Waals surface area contributed by atoms with Crippen molar-refractivity contribution in [1.29, 1.82) is 0 Å². The summed E-state index contributed by atoms with van der Waals surface area (Å²) in [5.74, 6) is 1.30. The molecule has 2 heterocycles. The van der Waals surface area contributed by atoms with E-state index >= 15 is 0 Å². The van der Waals surface area contributed by atoms with Crippen LogP contribution >= 0.6 is 0 Å². The highest BCUT2D eigenvalue weighted by Gasteiger charge is 2.35. The molecule has 1 atom stereocenters. The Morgan fingerprint density at radius 3 is 2.85 bits per heavy atom. The van der Waals surface area contributed by atoms with Gasteiger partial charge in [-0.3, -0.25) is 4.79 Å². The van der Waals surface area contributed by atoms with Crippen LogP contribution < -0.4 is 0 Å². The maximum absolute atomic E-state index is 12.1. The molecule has 0 bridgehead atoms. The van der Waals surface area contributed by atoms with Gasteiger partial charge in [-0.05, 0) is 31.4 Å². The van der Waals surface area contributed by atoms with Crippen LogP contribution in [-0.2, 0) is 11.3 Å². The Balaban J connectivity index is 1.86. The molecule has 5 heteroatoms. The average Bonchev–Trinajstić information content (AvgIpc) is 3.00. The molecule has 1 aliphatic heterocycles. The lowest BCUT2D eigenvalue weighted by Gasteiger charge is -2.23. The number of nitrogens with zero attached hydrogens (tertiary/aromatic N) is 3. The molecular weight excluding hydrogens is 254 g/mol. The summed E-state index contributed by atoms with van der Waals surface area (Å²) < 4.78 is 5.24. The molecule has 1 saturated heterocycles. The van der Waals surface area contributed by atoms with E-state index in [9.17, 15) is 4.79 Å². The lowest BCUT2D eigenvalue weighted by Crippen LogP contribution is -2.27. The number of carbonyl (C=O) groups excluding carboxylic acids is 1. The lowest BCUT2D eigenvalue weighted by atomic mass is 10.1. The van der Waals surface area contributed by atoms with E-state index in [4.69, 9.17) is 4.52 Å². The fourth-order valence-electron chi connectivity index (χ4n) is 2.61. The number of benzene rings is 1. The number of likely N-dealkylation sites (tertiary alicyclic amines) is 1. The molecule has 1 aliphatic rings. The molecule has 20 heavy (non-hydrogen) atoms. The number of hydrogen-bond acceptors (Lipinski definition) is 4. The van der Waals surface area contributed by atoms with Crippen LogP contribution in [0.25, 0.3) is 0 Å². The summed E-state index contributed by atoms with van der Waals surface area (Å²) in [7, 11) is 0. The first-order valence-corrected chi connectivity index (χ1v) is 6.79. The van der Waals surface area contributed by atoms with Crippen molar-refractivity contribution in [1.82, 2.24) is 15.0 Å². The average molecular weight is 271 g/mol. The molecule has 1 amide bonds. The lowest BCUT2D eigenvalue weighted by molar-refractivity contribution is -0.130. The van der Waals surface area contributed by atoms with Gasteiger partial charge in [0.25, 0.3) is 0 Å². The SMILES string of the molecule is Cc1noc(C2CCC(=O)N2Cc2ccccc2C)n1. The maximum Gasteiger partial charge on any atom is 0.249 e. The van der Waals surface area contributed by atoms with Gasteiger partial charge in [-0.2, -0.15) is 4.98 Å². The van der Waals surface area contributed by atoms with Gasteiger partial charge >= 0.3 is 0 Å². The Kier molecular flexibility index (Phi) is 3.26. The highest BCUT2D eigenvalue weighted by molar-refractivity contribution is 5.78. The molecule has 0 N–H and O–H groups in total. The summed E-state index contributed by atoms with van der Waals surface area (Å²) in [4.78, 5) is 18.2. The fraction of sp³-hybridized carbons (Fsp3) is 0.400. The van der Waals surface area contributed by atoms with Crippen LogP contribution in [0.5, 0.6) is 0 Å². The minimum absolute atomic E-state index is 0.0942. The second-order valence-corrected chi connectivity index (χ2v) is 5.18. The topological polar surface area (TPSA) is 59.2 Å². The summed E-state index contributed by atoms with van der Waals surface area (Å²) in [6.45, 7) is 4.44. The minimum atomic E-state index is -0.0942. The van der Waals surface area contributed by atoms with Gasteiger partial charge in [-0.15, -0.1) is 0 Å². The Morgan fingerprint density at radius 1 is 1.35 bits per heavy atom. The molecule has 0 radical (unpaired) electrons. The highest BCUT2D eigenvalue weighted by Crippen LogP contribution is 2.33. The van der Waals surface area contributed by atoms with E-state index < -0.39 is 0 Å². The summed E-state index contributed by atoms with van der Waals surface area (Å²) in [6, 6.07) is 8.01. The predicted octanol–water partition coefficient (Wildman–Crippen LogP) is 2.55. The van der Waals surface area contributed by atoms with E-state index in [2.05, 4.69) is 29.2 Å². The molecule has 1 fully saturated rings. The molecule has 0 spiro atoms. The quantitative estimate of drug-likeness (QED) is 0.860. The molecule has 1 aromatic carbocycles. The van der Waals surface area contributed by atoms with Crippen LogP contribution in [-0.4, -0.2) is 20.9 Å². The Bertz CT molecular complexity index is 636. The van der Waals surface area contributed by atoms with Crippen molar-refractivity contribution in [2.45, 2.75) is 39.3 Å². The normalized spacial score (nSPS) is 18.8. The van der Waals surface area contributed by atoms with Crippen molar-refractivity contribution in [3.8, 4) is 0 Å². The van der Waals surface area contributed by atoms with E-state index in [1.54, 1.807) is 6.92 Å². The molecule has 1 unspecified atom stereocenters. The molecular formula is C15H17N3O2. The third-order valence-electron chi connectivity index (χ3n) is 3.76. The predicted molar refractivity (Wildman–Crippen MR) is 72.7 cm³/mol. The van der Waals surface area contributed by atoms with Crippen molar-refractivity contribution in [2.24, 2.45) is 0 Å². The third kappa shape index (κ3) is 2.31. The monoisotopic (exact) mass is 271 g/mol. The standard InChI is InChI=1S/C15H17N3O2/c1-10-5-3-4-6-12(10)9-18-13(7-8-14(18)19)15-16-11(2)17-20-15/h3-6,13H,7-9H2,1-2H3. The van der Waals surface area contributed by atoms with Gasteiger partial charge in [0.1, 0.15) is 6.04 Å².